The fourth-order valence-corrected chi connectivity index (χ4v) is 5.04. The first-order valence-corrected chi connectivity index (χ1v) is 11.6. The van der Waals surface area contributed by atoms with Crippen LogP contribution in [0, 0.1) is 12.7 Å². The summed E-state index contributed by atoms with van der Waals surface area (Å²) < 4.78 is 20.7. The number of fused-ring (bicyclic) bond motifs is 1. The minimum Gasteiger partial charge on any atom is -0.497 e. The van der Waals surface area contributed by atoms with Crippen molar-refractivity contribution in [1.29, 1.82) is 0 Å². The van der Waals surface area contributed by atoms with Crippen LogP contribution in [0.15, 0.2) is 58.1 Å². The predicted molar refractivity (Wildman–Crippen MR) is 136 cm³/mol. The molecule has 186 valence electrons. The molecule has 36 heavy (non-hydrogen) atoms. The fraction of sp³-hybridized carbons (Fsp3) is 0.200. The summed E-state index contributed by atoms with van der Waals surface area (Å²) in [7, 11) is 4.69. The van der Waals surface area contributed by atoms with Crippen molar-refractivity contribution in [2.45, 2.75) is 13.5 Å². The Balaban J connectivity index is 1.88. The molecule has 1 N–H and O–H groups in total. The van der Waals surface area contributed by atoms with E-state index in [2.05, 4.69) is 5.32 Å². The van der Waals surface area contributed by atoms with Crippen molar-refractivity contribution in [1.82, 2.24) is 14.0 Å². The largest absolute Gasteiger partial charge is 0.497 e. The summed E-state index contributed by atoms with van der Waals surface area (Å²) in [6, 6.07) is 11.5. The Hall–Kier alpha value is -4.25. The van der Waals surface area contributed by atoms with Gasteiger partial charge in [0.2, 0.25) is 5.91 Å². The third-order valence-corrected chi connectivity index (χ3v) is 6.88. The lowest BCUT2D eigenvalue weighted by molar-refractivity contribution is -0.116. The highest BCUT2D eigenvalue weighted by Crippen LogP contribution is 2.29. The van der Waals surface area contributed by atoms with E-state index in [-0.39, 0.29) is 26.7 Å². The van der Waals surface area contributed by atoms with Crippen molar-refractivity contribution < 1.29 is 18.7 Å². The maximum Gasteiger partial charge on any atom is 0.337 e. The van der Waals surface area contributed by atoms with Gasteiger partial charge in [-0.05, 0) is 61.0 Å². The van der Waals surface area contributed by atoms with E-state index in [1.54, 1.807) is 45.3 Å². The van der Waals surface area contributed by atoms with Crippen LogP contribution in [0.1, 0.15) is 15.2 Å². The van der Waals surface area contributed by atoms with Crippen LogP contribution in [0.25, 0.3) is 15.9 Å². The van der Waals surface area contributed by atoms with Gasteiger partial charge in [0.25, 0.3) is 11.5 Å². The summed E-state index contributed by atoms with van der Waals surface area (Å²) in [5, 5.41) is 2.86. The molecular formula is C25H23FN4O5S. The summed E-state index contributed by atoms with van der Waals surface area (Å²) in [4.78, 5) is 54.6. The smallest absolute Gasteiger partial charge is 0.337 e. The molecule has 0 spiro atoms. The van der Waals surface area contributed by atoms with Gasteiger partial charge in [0, 0.05) is 19.8 Å². The lowest BCUT2D eigenvalue weighted by Gasteiger charge is -2.13. The average Bonchev–Trinajstić information content (AvgIpc) is 3.20. The molecule has 9 nitrogen and oxygen atoms in total. The van der Waals surface area contributed by atoms with Crippen molar-refractivity contribution in [2.75, 3.05) is 26.5 Å². The van der Waals surface area contributed by atoms with Crippen LogP contribution >= 0.6 is 11.3 Å². The monoisotopic (exact) mass is 510 g/mol. The molecule has 4 rings (SSSR count). The number of nitrogens with one attached hydrogen (secondary N) is 1. The molecule has 0 fully saturated rings. The van der Waals surface area contributed by atoms with Crippen LogP contribution in [0.5, 0.6) is 5.75 Å². The second-order valence-electron chi connectivity index (χ2n) is 8.20. The molecule has 4 aromatic rings. The minimum absolute atomic E-state index is 0.142. The standard InChI is InChI=1S/C25H23FN4O5S/c1-14-20-22(32)30(17-9-5-15(26)6-10-17)25(34)29(24(20)36-21(14)23(33)28(2)3)13-19(31)27-16-7-11-18(35-4)12-8-16/h5-12H,13H2,1-4H3,(H,27,31). The highest BCUT2D eigenvalue weighted by Gasteiger charge is 2.25. The maximum atomic E-state index is 13.5. The number of amides is 2. The number of thiophene rings is 1. The number of methoxy groups -OCH3 is 1. The molecule has 0 aliphatic heterocycles. The van der Waals surface area contributed by atoms with Crippen molar-refractivity contribution in [2.24, 2.45) is 0 Å². The molecule has 0 saturated carbocycles. The van der Waals surface area contributed by atoms with Gasteiger partial charge in [0.1, 0.15) is 22.9 Å². The van der Waals surface area contributed by atoms with E-state index in [1.807, 2.05) is 0 Å². The van der Waals surface area contributed by atoms with Crippen molar-refractivity contribution >= 4 is 39.1 Å². The molecule has 0 unspecified atom stereocenters. The van der Waals surface area contributed by atoms with Gasteiger partial charge in [0.15, 0.2) is 0 Å². The van der Waals surface area contributed by atoms with Gasteiger partial charge < -0.3 is 15.0 Å². The van der Waals surface area contributed by atoms with E-state index < -0.39 is 29.5 Å². The number of ether oxygens (including phenoxy) is 1. The third kappa shape index (κ3) is 4.52. The zero-order valence-corrected chi connectivity index (χ0v) is 20.8. The summed E-state index contributed by atoms with van der Waals surface area (Å²) in [5.41, 5.74) is -0.403. The maximum absolute atomic E-state index is 13.5. The molecule has 2 aromatic carbocycles. The zero-order chi connectivity index (χ0) is 26.1. The summed E-state index contributed by atoms with van der Waals surface area (Å²) in [5.74, 6) is -0.760. The second kappa shape index (κ2) is 9.78. The second-order valence-corrected chi connectivity index (χ2v) is 9.20. The van der Waals surface area contributed by atoms with Gasteiger partial charge in [-0.1, -0.05) is 0 Å². The van der Waals surface area contributed by atoms with Crippen molar-refractivity contribution in [3.63, 3.8) is 0 Å². The number of aryl methyl sites for hydroxylation is 1. The highest BCUT2D eigenvalue weighted by molar-refractivity contribution is 7.20. The number of hydrogen-bond donors (Lipinski definition) is 1. The SMILES string of the molecule is COc1ccc(NC(=O)Cn2c(=O)n(-c3ccc(F)cc3)c(=O)c3c(C)c(C(=O)N(C)C)sc32)cc1. The van der Waals surface area contributed by atoms with Gasteiger partial charge in [0.05, 0.1) is 23.1 Å². The predicted octanol–water partition coefficient (Wildman–Crippen LogP) is 3.01. The highest BCUT2D eigenvalue weighted by atomic mass is 32.1. The summed E-state index contributed by atoms with van der Waals surface area (Å²) >= 11 is 0.977. The molecule has 11 heteroatoms. The lowest BCUT2D eigenvalue weighted by atomic mass is 10.2. The number of aromatic nitrogens is 2. The van der Waals surface area contributed by atoms with Gasteiger partial charge in [-0.25, -0.2) is 13.8 Å². The van der Waals surface area contributed by atoms with Crippen molar-refractivity contribution in [3.8, 4) is 11.4 Å². The Kier molecular flexibility index (Phi) is 6.75. The molecule has 0 atom stereocenters. The number of rotatable bonds is 6. The van der Waals surface area contributed by atoms with Crippen LogP contribution in [-0.4, -0.2) is 47.1 Å². The number of nitrogens with zero attached hydrogens (tertiary/aromatic N) is 3. The summed E-state index contributed by atoms with van der Waals surface area (Å²) in [6.07, 6.45) is 0. The van der Waals surface area contributed by atoms with Gasteiger partial charge in [-0.15, -0.1) is 11.3 Å². The topological polar surface area (TPSA) is 103 Å². The van der Waals surface area contributed by atoms with Gasteiger partial charge in [-0.2, -0.15) is 0 Å². The molecule has 0 saturated heterocycles. The normalized spacial score (nSPS) is 10.9. The Morgan fingerprint density at radius 3 is 2.28 bits per heavy atom. The van der Waals surface area contributed by atoms with Crippen LogP contribution < -0.4 is 21.3 Å². The Labute approximate surface area is 209 Å². The molecule has 2 amide bonds. The van der Waals surface area contributed by atoms with E-state index in [9.17, 15) is 23.6 Å². The van der Waals surface area contributed by atoms with E-state index in [4.69, 9.17) is 4.74 Å². The first-order chi connectivity index (χ1) is 17.1. The average molecular weight is 511 g/mol. The number of carbonyl (C=O) groups is 2. The Morgan fingerprint density at radius 1 is 1.06 bits per heavy atom. The van der Waals surface area contributed by atoms with Crippen LogP contribution in [-0.2, 0) is 11.3 Å². The molecule has 0 bridgehead atoms. The first-order valence-electron chi connectivity index (χ1n) is 10.8. The molecule has 0 aliphatic carbocycles. The zero-order valence-electron chi connectivity index (χ0n) is 20.0. The Morgan fingerprint density at radius 2 is 1.69 bits per heavy atom. The number of hydrogen-bond acceptors (Lipinski definition) is 6. The molecule has 2 heterocycles. The number of anilines is 1. The number of carbonyl (C=O) groups excluding carboxylic acids is 2. The van der Waals surface area contributed by atoms with Gasteiger partial charge in [-0.3, -0.25) is 19.0 Å². The number of halogens is 1. The molecule has 0 radical (unpaired) electrons. The molecule has 0 aliphatic rings. The van der Waals surface area contributed by atoms with E-state index in [1.165, 1.54) is 24.1 Å². The van der Waals surface area contributed by atoms with E-state index in [0.717, 1.165) is 32.6 Å². The fourth-order valence-electron chi connectivity index (χ4n) is 3.73. The van der Waals surface area contributed by atoms with Gasteiger partial charge >= 0.3 is 5.69 Å². The quantitative estimate of drug-likeness (QED) is 0.430. The third-order valence-electron chi connectivity index (χ3n) is 5.57. The van der Waals surface area contributed by atoms with E-state index in [0.29, 0.717) is 17.0 Å². The first kappa shape index (κ1) is 24.9. The Bertz CT molecular complexity index is 1580. The molecular weight excluding hydrogens is 487 g/mol. The minimum atomic E-state index is -0.783. The number of benzene rings is 2. The summed E-state index contributed by atoms with van der Waals surface area (Å²) in [6.45, 7) is 1.20. The van der Waals surface area contributed by atoms with Crippen LogP contribution in [0.2, 0.25) is 0 Å². The van der Waals surface area contributed by atoms with Crippen molar-refractivity contribution in [3.05, 3.63) is 85.6 Å². The van der Waals surface area contributed by atoms with E-state index >= 15 is 0 Å². The lowest BCUT2D eigenvalue weighted by Crippen LogP contribution is -2.40. The van der Waals surface area contributed by atoms with Crippen LogP contribution in [0.4, 0.5) is 10.1 Å². The molecule has 2 aromatic heterocycles. The van der Waals surface area contributed by atoms with Crippen LogP contribution in [0.3, 0.4) is 0 Å².